The molecule has 3 aromatic rings. The molecule has 2 fully saturated rings. The molecule has 2 aliphatic rings. The van der Waals surface area contributed by atoms with Gasteiger partial charge in [0.2, 0.25) is 11.0 Å². The summed E-state index contributed by atoms with van der Waals surface area (Å²) in [6.45, 7) is 3.07. The van der Waals surface area contributed by atoms with Gasteiger partial charge in [-0.05, 0) is 25.0 Å². The summed E-state index contributed by atoms with van der Waals surface area (Å²) in [6.07, 6.45) is 4.82. The van der Waals surface area contributed by atoms with Crippen LogP contribution in [0.3, 0.4) is 0 Å². The molecule has 2 aromatic heterocycles. The zero-order chi connectivity index (χ0) is 21.8. The van der Waals surface area contributed by atoms with Gasteiger partial charge in [-0.2, -0.15) is 5.10 Å². The molecule has 0 spiro atoms. The third-order valence-corrected chi connectivity index (χ3v) is 7.89. The van der Waals surface area contributed by atoms with Crippen molar-refractivity contribution in [2.45, 2.75) is 35.9 Å². The number of hydrogen-bond acceptors (Lipinski definition) is 8. The van der Waals surface area contributed by atoms with Gasteiger partial charge in [0.25, 0.3) is 0 Å². The van der Waals surface area contributed by atoms with E-state index in [0.717, 1.165) is 52.6 Å². The fourth-order valence-electron chi connectivity index (χ4n) is 4.13. The van der Waals surface area contributed by atoms with Crippen molar-refractivity contribution in [2.24, 2.45) is 0 Å². The summed E-state index contributed by atoms with van der Waals surface area (Å²) >= 11 is 2.93. The Kier molecular flexibility index (Phi) is 6.70. The lowest BCUT2D eigenvalue weighted by molar-refractivity contribution is -0.113. The Balaban J connectivity index is 1.25. The maximum Gasteiger partial charge on any atom is 0.235 e. The number of aromatic nitrogens is 4. The van der Waals surface area contributed by atoms with E-state index in [9.17, 15) is 4.79 Å². The molecule has 1 aliphatic carbocycles. The number of anilines is 2. The summed E-state index contributed by atoms with van der Waals surface area (Å²) in [5, 5.41) is 17.3. The molecule has 5 rings (SSSR count). The molecule has 10 heteroatoms. The number of nitrogens with one attached hydrogen (secondary N) is 1. The number of amides is 1. The van der Waals surface area contributed by atoms with Gasteiger partial charge in [-0.1, -0.05) is 54.1 Å². The van der Waals surface area contributed by atoms with Crippen LogP contribution >= 0.6 is 23.1 Å². The Hall–Kier alpha value is -2.43. The molecule has 3 heterocycles. The number of morpholine rings is 1. The minimum absolute atomic E-state index is 0.0758. The summed E-state index contributed by atoms with van der Waals surface area (Å²) in [4.78, 5) is 14.9. The zero-order valence-electron chi connectivity index (χ0n) is 17.8. The Morgan fingerprint density at radius 3 is 2.72 bits per heavy atom. The molecule has 0 radical (unpaired) electrons. The molecule has 1 aromatic carbocycles. The van der Waals surface area contributed by atoms with Gasteiger partial charge in [0.1, 0.15) is 5.82 Å². The van der Waals surface area contributed by atoms with Crippen molar-refractivity contribution < 1.29 is 9.53 Å². The molecule has 168 valence electrons. The highest BCUT2D eigenvalue weighted by Gasteiger charge is 2.23. The summed E-state index contributed by atoms with van der Waals surface area (Å²) in [5.41, 5.74) is 2.01. The number of carbonyl (C=O) groups is 1. The van der Waals surface area contributed by atoms with Gasteiger partial charge < -0.3 is 15.0 Å². The van der Waals surface area contributed by atoms with Crippen molar-refractivity contribution >= 4 is 40.0 Å². The van der Waals surface area contributed by atoms with Crippen LogP contribution in [0.1, 0.15) is 37.3 Å². The van der Waals surface area contributed by atoms with Crippen LogP contribution in [-0.2, 0) is 9.53 Å². The Morgan fingerprint density at radius 2 is 1.94 bits per heavy atom. The topological polar surface area (TPSA) is 85.2 Å². The fraction of sp³-hybridized carbons (Fsp3) is 0.455. The number of rotatable bonds is 7. The molecule has 0 atom stereocenters. The van der Waals surface area contributed by atoms with Crippen molar-refractivity contribution in [3.8, 4) is 5.69 Å². The van der Waals surface area contributed by atoms with E-state index in [2.05, 4.69) is 20.4 Å². The largest absolute Gasteiger partial charge is 0.378 e. The number of para-hydroxylation sites is 1. The van der Waals surface area contributed by atoms with Crippen LogP contribution in [0.25, 0.3) is 5.69 Å². The second-order valence-electron chi connectivity index (χ2n) is 7.97. The van der Waals surface area contributed by atoms with Crippen molar-refractivity contribution in [1.82, 2.24) is 20.0 Å². The van der Waals surface area contributed by atoms with E-state index in [1.165, 1.54) is 35.9 Å². The maximum atomic E-state index is 12.8. The quantitative estimate of drug-likeness (QED) is 0.523. The van der Waals surface area contributed by atoms with Gasteiger partial charge in [0, 0.05) is 25.1 Å². The average molecular weight is 471 g/mol. The molecule has 1 amide bonds. The molecular formula is C22H26N6O2S2. The molecule has 32 heavy (non-hydrogen) atoms. The first kappa shape index (κ1) is 21.4. The molecule has 0 unspecified atom stereocenters. The number of thioether (sulfide) groups is 1. The number of ether oxygens (including phenoxy) is 1. The minimum Gasteiger partial charge on any atom is -0.378 e. The van der Waals surface area contributed by atoms with Crippen molar-refractivity contribution in [2.75, 3.05) is 42.3 Å². The summed E-state index contributed by atoms with van der Waals surface area (Å²) in [5.74, 6) is 1.39. The zero-order valence-corrected chi connectivity index (χ0v) is 19.4. The van der Waals surface area contributed by atoms with E-state index in [1.54, 1.807) is 0 Å². The molecular weight excluding hydrogens is 444 g/mol. The Bertz CT molecular complexity index is 1040. The number of hydrogen-bond donors (Lipinski definition) is 1. The predicted octanol–water partition coefficient (Wildman–Crippen LogP) is 3.95. The highest BCUT2D eigenvalue weighted by Crippen LogP contribution is 2.35. The first-order chi connectivity index (χ1) is 15.8. The third-order valence-electron chi connectivity index (χ3n) is 5.77. The van der Waals surface area contributed by atoms with Crippen LogP contribution in [0.5, 0.6) is 0 Å². The van der Waals surface area contributed by atoms with E-state index in [-0.39, 0.29) is 11.7 Å². The summed E-state index contributed by atoms with van der Waals surface area (Å²) in [6, 6.07) is 12.0. The smallest absolute Gasteiger partial charge is 0.235 e. The van der Waals surface area contributed by atoms with Crippen molar-refractivity contribution in [3.05, 3.63) is 42.1 Å². The monoisotopic (exact) mass is 470 g/mol. The highest BCUT2D eigenvalue weighted by atomic mass is 32.2. The van der Waals surface area contributed by atoms with Gasteiger partial charge in [0.15, 0.2) is 4.34 Å². The van der Waals surface area contributed by atoms with E-state index < -0.39 is 0 Å². The lowest BCUT2D eigenvalue weighted by Gasteiger charge is -2.25. The second-order valence-corrected chi connectivity index (χ2v) is 10.1. The average Bonchev–Trinajstić information content (AvgIpc) is 3.60. The van der Waals surface area contributed by atoms with Crippen LogP contribution in [-0.4, -0.2) is 57.9 Å². The molecule has 1 aliphatic heterocycles. The normalized spacial score (nSPS) is 17.1. The SMILES string of the molecule is O=C(CSc1nnc(N2CCOCC2)s1)Nc1cc(C2CCCC2)nn1-c1ccccc1. The van der Waals surface area contributed by atoms with Crippen molar-refractivity contribution in [1.29, 1.82) is 0 Å². The summed E-state index contributed by atoms with van der Waals surface area (Å²) < 4.78 is 8.03. The fourth-order valence-corrected chi connectivity index (χ4v) is 5.82. The number of benzene rings is 1. The van der Waals surface area contributed by atoms with Crippen LogP contribution in [0, 0.1) is 0 Å². The van der Waals surface area contributed by atoms with Gasteiger partial charge in [-0.3, -0.25) is 4.79 Å². The van der Waals surface area contributed by atoms with E-state index in [0.29, 0.717) is 19.1 Å². The first-order valence-electron chi connectivity index (χ1n) is 11.0. The summed E-state index contributed by atoms with van der Waals surface area (Å²) in [7, 11) is 0. The number of nitrogens with zero attached hydrogens (tertiary/aromatic N) is 5. The van der Waals surface area contributed by atoms with Gasteiger partial charge in [-0.15, -0.1) is 10.2 Å². The van der Waals surface area contributed by atoms with Crippen molar-refractivity contribution in [3.63, 3.8) is 0 Å². The van der Waals surface area contributed by atoms with Gasteiger partial charge in [0.05, 0.1) is 30.3 Å². The molecule has 1 N–H and O–H groups in total. The third kappa shape index (κ3) is 4.97. The lowest BCUT2D eigenvalue weighted by atomic mass is 10.0. The Morgan fingerprint density at radius 1 is 1.16 bits per heavy atom. The van der Waals surface area contributed by atoms with Crippen LogP contribution < -0.4 is 10.2 Å². The predicted molar refractivity (Wildman–Crippen MR) is 127 cm³/mol. The standard InChI is InChI=1S/C22H26N6O2S2/c29-20(15-31-22-25-24-21(32-22)27-10-12-30-13-11-27)23-19-14-18(16-6-4-5-7-16)26-28(19)17-8-2-1-3-9-17/h1-3,8-9,14,16H,4-7,10-13,15H2,(H,23,29). The Labute approximate surface area is 195 Å². The molecule has 1 saturated heterocycles. The van der Waals surface area contributed by atoms with E-state index >= 15 is 0 Å². The van der Waals surface area contributed by atoms with Crippen LogP contribution in [0.15, 0.2) is 40.7 Å². The second kappa shape index (κ2) is 10.0. The van der Waals surface area contributed by atoms with E-state index in [4.69, 9.17) is 9.84 Å². The van der Waals surface area contributed by atoms with Gasteiger partial charge in [-0.25, -0.2) is 4.68 Å². The maximum absolute atomic E-state index is 12.8. The van der Waals surface area contributed by atoms with Crippen LogP contribution in [0.2, 0.25) is 0 Å². The molecule has 1 saturated carbocycles. The first-order valence-corrected chi connectivity index (χ1v) is 12.8. The molecule has 8 nitrogen and oxygen atoms in total. The van der Waals surface area contributed by atoms with Crippen LogP contribution in [0.4, 0.5) is 10.9 Å². The van der Waals surface area contributed by atoms with E-state index in [1.807, 2.05) is 41.1 Å². The highest BCUT2D eigenvalue weighted by molar-refractivity contribution is 8.01. The number of carbonyl (C=O) groups excluding carboxylic acids is 1. The lowest BCUT2D eigenvalue weighted by Crippen LogP contribution is -2.36. The van der Waals surface area contributed by atoms with Gasteiger partial charge >= 0.3 is 0 Å². The molecule has 0 bridgehead atoms. The minimum atomic E-state index is -0.0758.